The topological polar surface area (TPSA) is 40.5 Å². The quantitative estimate of drug-likeness (QED) is 0.383. The standard InChI is InChI=1S/C27H44O2/c1-6-7-8-10-19(2)23-14-16-26(4)22(11-9-15-27(23,26)5)13-12-21-17-24(28)20(3)25(29)18-21/h12-13,19,23-25,28-29H,3,6-11,14-18H2,1-2,4-5H3/b22-13+/t19-,23+,24+,25+,26-,27+/m0/s1. The summed E-state index contributed by atoms with van der Waals surface area (Å²) in [5, 5.41) is 20.3. The lowest BCUT2D eigenvalue weighted by Crippen LogP contribution is -2.43. The molecule has 0 radical (unpaired) electrons. The van der Waals surface area contributed by atoms with E-state index in [0.717, 1.165) is 17.4 Å². The number of hydrogen-bond donors (Lipinski definition) is 2. The maximum absolute atomic E-state index is 10.2. The van der Waals surface area contributed by atoms with Crippen LogP contribution in [-0.4, -0.2) is 22.4 Å². The van der Waals surface area contributed by atoms with E-state index in [1.54, 1.807) is 5.57 Å². The van der Waals surface area contributed by atoms with Crippen molar-refractivity contribution in [1.82, 2.24) is 0 Å². The first-order valence-corrected chi connectivity index (χ1v) is 12.2. The van der Waals surface area contributed by atoms with Crippen LogP contribution in [0, 0.1) is 22.7 Å². The molecule has 3 rings (SSSR count). The molecule has 0 bridgehead atoms. The number of fused-ring (bicyclic) bond motifs is 1. The molecule has 3 fully saturated rings. The van der Waals surface area contributed by atoms with E-state index in [2.05, 4.69) is 46.4 Å². The first kappa shape index (κ1) is 22.8. The highest BCUT2D eigenvalue weighted by Crippen LogP contribution is 2.67. The van der Waals surface area contributed by atoms with Crippen molar-refractivity contribution in [3.8, 4) is 0 Å². The molecular formula is C27H44O2. The number of unbranched alkanes of at least 4 members (excludes halogenated alkanes) is 2. The Bertz CT molecular complexity index is 643. The van der Waals surface area contributed by atoms with Crippen LogP contribution >= 0.6 is 0 Å². The normalized spacial score (nSPS) is 40.2. The molecule has 0 saturated heterocycles. The maximum Gasteiger partial charge on any atom is 0.0809 e. The minimum atomic E-state index is -0.601. The highest BCUT2D eigenvalue weighted by Gasteiger charge is 2.57. The lowest BCUT2D eigenvalue weighted by Gasteiger charge is -2.51. The van der Waals surface area contributed by atoms with Gasteiger partial charge in [0, 0.05) is 0 Å². The van der Waals surface area contributed by atoms with Crippen molar-refractivity contribution >= 4 is 0 Å². The van der Waals surface area contributed by atoms with Gasteiger partial charge in [-0.05, 0) is 73.2 Å². The van der Waals surface area contributed by atoms with Gasteiger partial charge >= 0.3 is 0 Å². The number of aliphatic hydroxyl groups excluding tert-OH is 2. The monoisotopic (exact) mass is 400 g/mol. The van der Waals surface area contributed by atoms with E-state index < -0.39 is 12.2 Å². The Kier molecular flexibility index (Phi) is 7.16. The van der Waals surface area contributed by atoms with Crippen LogP contribution in [0.25, 0.3) is 0 Å². The molecule has 2 heteroatoms. The molecule has 3 aliphatic rings. The van der Waals surface area contributed by atoms with Crippen LogP contribution in [0.5, 0.6) is 0 Å². The van der Waals surface area contributed by atoms with Gasteiger partial charge in [-0.15, -0.1) is 0 Å². The van der Waals surface area contributed by atoms with Gasteiger partial charge in [-0.3, -0.25) is 0 Å². The van der Waals surface area contributed by atoms with E-state index >= 15 is 0 Å². The molecule has 0 heterocycles. The molecule has 0 aromatic rings. The molecule has 0 spiro atoms. The van der Waals surface area contributed by atoms with E-state index in [9.17, 15) is 10.2 Å². The van der Waals surface area contributed by atoms with Gasteiger partial charge < -0.3 is 10.2 Å². The summed E-state index contributed by atoms with van der Waals surface area (Å²) in [6, 6.07) is 0. The summed E-state index contributed by atoms with van der Waals surface area (Å²) in [7, 11) is 0. The van der Waals surface area contributed by atoms with Crippen LogP contribution in [0.15, 0.2) is 35.5 Å². The van der Waals surface area contributed by atoms with Crippen molar-refractivity contribution < 1.29 is 10.2 Å². The van der Waals surface area contributed by atoms with Crippen LogP contribution in [-0.2, 0) is 0 Å². The summed E-state index contributed by atoms with van der Waals surface area (Å²) >= 11 is 0. The SMILES string of the molecule is C=C1[C@H](O)CC(=C/C=C2\CCC[C@]3(C)[C@@H]([C@@H](C)CCCCC)CC[C@@]23C)C[C@H]1O. The lowest BCUT2D eigenvalue weighted by molar-refractivity contribution is 0.0343. The number of rotatable bonds is 6. The fraction of sp³-hybridized carbons (Fsp3) is 0.778. The molecule has 0 aromatic carbocycles. The summed E-state index contributed by atoms with van der Waals surface area (Å²) in [6.07, 6.45) is 16.6. The zero-order valence-corrected chi connectivity index (χ0v) is 19.3. The molecule has 0 aliphatic heterocycles. The van der Waals surface area contributed by atoms with E-state index in [1.165, 1.54) is 57.8 Å². The van der Waals surface area contributed by atoms with Crippen molar-refractivity contribution in [2.45, 2.75) is 111 Å². The predicted molar refractivity (Wildman–Crippen MR) is 123 cm³/mol. The Morgan fingerprint density at radius 3 is 2.45 bits per heavy atom. The second kappa shape index (κ2) is 9.10. The third kappa shape index (κ3) is 4.30. The highest BCUT2D eigenvalue weighted by atomic mass is 16.3. The van der Waals surface area contributed by atoms with Crippen molar-refractivity contribution in [2.24, 2.45) is 22.7 Å². The Labute approximate surface area is 179 Å². The minimum Gasteiger partial charge on any atom is -0.388 e. The van der Waals surface area contributed by atoms with Crippen LogP contribution in [0.4, 0.5) is 0 Å². The number of hydrogen-bond acceptors (Lipinski definition) is 2. The summed E-state index contributed by atoms with van der Waals surface area (Å²) in [6.45, 7) is 13.8. The molecule has 2 N–H and O–H groups in total. The van der Waals surface area contributed by atoms with E-state index in [1.807, 2.05) is 0 Å². The summed E-state index contributed by atoms with van der Waals surface area (Å²) in [5.41, 5.74) is 4.03. The second-order valence-electron chi connectivity index (χ2n) is 10.8. The van der Waals surface area contributed by atoms with E-state index in [-0.39, 0.29) is 0 Å². The number of aliphatic hydroxyl groups is 2. The van der Waals surface area contributed by atoms with Crippen molar-refractivity contribution in [3.05, 3.63) is 35.5 Å². The Balaban J connectivity index is 1.78. The third-order valence-corrected chi connectivity index (χ3v) is 9.12. The molecule has 0 aromatic heterocycles. The molecule has 3 saturated carbocycles. The lowest BCUT2D eigenvalue weighted by atomic mass is 9.53. The number of allylic oxidation sites excluding steroid dienone is 3. The zero-order chi connectivity index (χ0) is 21.2. The van der Waals surface area contributed by atoms with Crippen molar-refractivity contribution in [1.29, 1.82) is 0 Å². The van der Waals surface area contributed by atoms with Gasteiger partial charge in [0.1, 0.15) is 0 Å². The maximum atomic E-state index is 10.2. The molecule has 6 atom stereocenters. The van der Waals surface area contributed by atoms with E-state index in [0.29, 0.717) is 29.2 Å². The molecule has 164 valence electrons. The minimum absolute atomic E-state index is 0.293. The third-order valence-electron chi connectivity index (χ3n) is 9.12. The highest BCUT2D eigenvalue weighted by molar-refractivity contribution is 5.32. The van der Waals surface area contributed by atoms with Gasteiger partial charge in [0.05, 0.1) is 12.2 Å². The molecule has 3 aliphatic carbocycles. The molecule has 0 unspecified atom stereocenters. The van der Waals surface area contributed by atoms with Crippen molar-refractivity contribution in [2.75, 3.05) is 0 Å². The largest absolute Gasteiger partial charge is 0.388 e. The van der Waals surface area contributed by atoms with E-state index in [4.69, 9.17) is 0 Å². The smallest absolute Gasteiger partial charge is 0.0809 e. The molecule has 2 nitrogen and oxygen atoms in total. The summed E-state index contributed by atoms with van der Waals surface area (Å²) < 4.78 is 0. The average Bonchev–Trinajstić information content (AvgIpc) is 2.96. The van der Waals surface area contributed by atoms with Gasteiger partial charge in [-0.2, -0.15) is 0 Å². The van der Waals surface area contributed by atoms with Gasteiger partial charge in [-0.1, -0.05) is 83.3 Å². The second-order valence-corrected chi connectivity index (χ2v) is 10.8. The summed E-state index contributed by atoms with van der Waals surface area (Å²) in [5.74, 6) is 1.66. The molecule has 0 amide bonds. The van der Waals surface area contributed by atoms with Crippen LogP contribution in [0.1, 0.15) is 98.3 Å². The fourth-order valence-electron chi connectivity index (χ4n) is 6.88. The fourth-order valence-corrected chi connectivity index (χ4v) is 6.88. The Morgan fingerprint density at radius 2 is 1.79 bits per heavy atom. The van der Waals surface area contributed by atoms with Gasteiger partial charge in [-0.25, -0.2) is 0 Å². The molecule has 29 heavy (non-hydrogen) atoms. The zero-order valence-electron chi connectivity index (χ0n) is 19.3. The Hall–Kier alpha value is -0.860. The first-order chi connectivity index (χ1) is 13.7. The van der Waals surface area contributed by atoms with Crippen LogP contribution in [0.3, 0.4) is 0 Å². The van der Waals surface area contributed by atoms with Gasteiger partial charge in [0.15, 0.2) is 0 Å². The summed E-state index contributed by atoms with van der Waals surface area (Å²) in [4.78, 5) is 0. The van der Waals surface area contributed by atoms with Crippen LogP contribution < -0.4 is 0 Å². The van der Waals surface area contributed by atoms with Gasteiger partial charge in [0.2, 0.25) is 0 Å². The van der Waals surface area contributed by atoms with Gasteiger partial charge in [0.25, 0.3) is 0 Å². The van der Waals surface area contributed by atoms with Crippen molar-refractivity contribution in [3.63, 3.8) is 0 Å². The Morgan fingerprint density at radius 1 is 1.10 bits per heavy atom. The van der Waals surface area contributed by atoms with Crippen LogP contribution in [0.2, 0.25) is 0 Å². The average molecular weight is 401 g/mol. The first-order valence-electron chi connectivity index (χ1n) is 12.2. The predicted octanol–water partition coefficient (Wildman–Crippen LogP) is 6.73. The molecular weight excluding hydrogens is 356 g/mol.